The summed E-state index contributed by atoms with van der Waals surface area (Å²) < 4.78 is 0. The molecule has 1 aliphatic carbocycles. The van der Waals surface area contributed by atoms with Gasteiger partial charge in [-0.05, 0) is 32.1 Å². The van der Waals surface area contributed by atoms with Gasteiger partial charge in [0.1, 0.15) is 18.0 Å². The van der Waals surface area contributed by atoms with Gasteiger partial charge in [-0.1, -0.05) is 19.3 Å². The molecule has 1 amide bonds. The Kier molecular flexibility index (Phi) is 4.06. The topological polar surface area (TPSA) is 75.3 Å². The molecule has 0 aromatic carbocycles. The Morgan fingerprint density at radius 2 is 1.92 bits per heavy atom. The van der Waals surface area contributed by atoms with E-state index in [1.807, 2.05) is 6.07 Å². The Labute approximate surface area is 143 Å². The smallest absolute Gasteiger partial charge is 0.230 e. The highest BCUT2D eigenvalue weighted by atomic mass is 16.2. The van der Waals surface area contributed by atoms with Crippen molar-refractivity contribution in [3.8, 4) is 0 Å². The first-order chi connectivity index (χ1) is 11.7. The summed E-state index contributed by atoms with van der Waals surface area (Å²) in [5, 5.41) is 0. The van der Waals surface area contributed by atoms with Crippen LogP contribution in [0.4, 0.5) is 11.6 Å². The quantitative estimate of drug-likeness (QED) is 0.900. The number of anilines is 2. The first-order valence-corrected chi connectivity index (χ1v) is 9.32. The van der Waals surface area contributed by atoms with Crippen LogP contribution in [0.3, 0.4) is 0 Å². The van der Waals surface area contributed by atoms with Gasteiger partial charge >= 0.3 is 0 Å². The summed E-state index contributed by atoms with van der Waals surface area (Å²) in [6.45, 7) is 2.60. The van der Waals surface area contributed by atoms with Crippen LogP contribution < -0.4 is 10.6 Å². The molecular formula is C18H27N5O. The Morgan fingerprint density at radius 3 is 2.71 bits per heavy atom. The predicted octanol–water partition coefficient (Wildman–Crippen LogP) is 2.21. The number of likely N-dealkylation sites (tertiary alicyclic amines) is 1. The number of hydrogen-bond donors (Lipinski definition) is 1. The van der Waals surface area contributed by atoms with Crippen molar-refractivity contribution in [1.29, 1.82) is 0 Å². The monoisotopic (exact) mass is 329 g/mol. The zero-order valence-electron chi connectivity index (χ0n) is 14.3. The van der Waals surface area contributed by atoms with Crippen LogP contribution in [-0.2, 0) is 4.79 Å². The van der Waals surface area contributed by atoms with Crippen LogP contribution in [0.15, 0.2) is 12.4 Å². The van der Waals surface area contributed by atoms with Crippen LogP contribution in [0, 0.1) is 5.41 Å². The van der Waals surface area contributed by atoms with Gasteiger partial charge in [-0.15, -0.1) is 0 Å². The van der Waals surface area contributed by atoms with E-state index in [-0.39, 0.29) is 5.41 Å². The van der Waals surface area contributed by atoms with Crippen molar-refractivity contribution in [1.82, 2.24) is 14.9 Å². The van der Waals surface area contributed by atoms with Gasteiger partial charge in [0.25, 0.3) is 0 Å². The lowest BCUT2D eigenvalue weighted by Gasteiger charge is -2.44. The lowest BCUT2D eigenvalue weighted by molar-refractivity contribution is -0.148. The maximum Gasteiger partial charge on any atom is 0.230 e. The number of rotatable bonds is 2. The van der Waals surface area contributed by atoms with Crippen molar-refractivity contribution in [2.24, 2.45) is 5.41 Å². The minimum absolute atomic E-state index is 0.213. The average Bonchev–Trinajstić information content (AvgIpc) is 3.03. The zero-order chi connectivity index (χ0) is 16.6. The number of carbonyl (C=O) groups is 1. The molecule has 130 valence electrons. The van der Waals surface area contributed by atoms with Gasteiger partial charge in [0.15, 0.2) is 0 Å². The van der Waals surface area contributed by atoms with E-state index in [0.29, 0.717) is 17.8 Å². The molecule has 1 unspecified atom stereocenters. The number of nitrogen functional groups attached to an aromatic ring is 1. The molecule has 1 aromatic rings. The number of piperidine rings is 1. The summed E-state index contributed by atoms with van der Waals surface area (Å²) in [6, 6.07) is 2.29. The average molecular weight is 329 g/mol. The summed E-state index contributed by atoms with van der Waals surface area (Å²) in [5.41, 5.74) is 5.58. The fourth-order valence-electron chi connectivity index (χ4n) is 4.82. The fraction of sp³-hybridized carbons (Fsp3) is 0.722. The number of nitrogens with two attached hydrogens (primary N) is 1. The third-order valence-electron chi connectivity index (χ3n) is 6.14. The van der Waals surface area contributed by atoms with Gasteiger partial charge in [0.2, 0.25) is 5.91 Å². The molecule has 3 aliphatic rings. The Balaban J connectivity index is 1.51. The molecule has 0 bridgehead atoms. The maximum atomic E-state index is 13.3. The predicted molar refractivity (Wildman–Crippen MR) is 93.5 cm³/mol. The van der Waals surface area contributed by atoms with Crippen molar-refractivity contribution >= 4 is 17.5 Å². The molecule has 1 saturated carbocycles. The number of aromatic nitrogens is 2. The molecule has 2 aliphatic heterocycles. The van der Waals surface area contributed by atoms with Gasteiger partial charge in [-0.3, -0.25) is 4.79 Å². The molecular weight excluding hydrogens is 302 g/mol. The van der Waals surface area contributed by atoms with Crippen molar-refractivity contribution in [3.05, 3.63) is 12.4 Å². The lowest BCUT2D eigenvalue weighted by Crippen LogP contribution is -2.54. The highest BCUT2D eigenvalue weighted by Crippen LogP contribution is 2.42. The minimum Gasteiger partial charge on any atom is -0.384 e. The first-order valence-electron chi connectivity index (χ1n) is 9.32. The normalized spacial score (nSPS) is 28.8. The minimum atomic E-state index is -0.213. The zero-order valence-corrected chi connectivity index (χ0v) is 14.3. The molecule has 3 heterocycles. The van der Waals surface area contributed by atoms with E-state index >= 15 is 0 Å². The molecule has 3 fully saturated rings. The van der Waals surface area contributed by atoms with E-state index in [9.17, 15) is 4.79 Å². The largest absolute Gasteiger partial charge is 0.384 e. The molecule has 0 radical (unpaired) electrons. The third-order valence-corrected chi connectivity index (χ3v) is 6.14. The van der Waals surface area contributed by atoms with Crippen LogP contribution in [0.5, 0.6) is 0 Å². The molecule has 1 atom stereocenters. The van der Waals surface area contributed by atoms with Crippen LogP contribution in [0.2, 0.25) is 0 Å². The third kappa shape index (κ3) is 2.72. The van der Waals surface area contributed by atoms with Crippen molar-refractivity contribution < 1.29 is 4.79 Å². The second-order valence-electron chi connectivity index (χ2n) is 7.65. The summed E-state index contributed by atoms with van der Waals surface area (Å²) in [4.78, 5) is 26.1. The van der Waals surface area contributed by atoms with Gasteiger partial charge in [-0.2, -0.15) is 0 Å². The van der Waals surface area contributed by atoms with E-state index in [2.05, 4.69) is 19.8 Å². The summed E-state index contributed by atoms with van der Waals surface area (Å²) >= 11 is 0. The van der Waals surface area contributed by atoms with E-state index in [1.165, 1.54) is 38.4 Å². The summed E-state index contributed by atoms with van der Waals surface area (Å²) in [6.07, 6.45) is 10.8. The molecule has 1 spiro atoms. The molecule has 4 rings (SSSR count). The van der Waals surface area contributed by atoms with Gasteiger partial charge in [0.05, 0.1) is 5.41 Å². The van der Waals surface area contributed by atoms with Crippen LogP contribution in [0.1, 0.15) is 51.4 Å². The SMILES string of the molecule is Nc1cc(N2CCC3(CCCN(C4CCCCC4)C3=O)C2)ncn1. The van der Waals surface area contributed by atoms with Gasteiger partial charge < -0.3 is 15.5 Å². The molecule has 2 saturated heterocycles. The first kappa shape index (κ1) is 15.7. The van der Waals surface area contributed by atoms with Crippen LogP contribution in [0.25, 0.3) is 0 Å². The van der Waals surface area contributed by atoms with E-state index in [4.69, 9.17) is 5.73 Å². The molecule has 1 aromatic heterocycles. The highest BCUT2D eigenvalue weighted by Gasteiger charge is 2.49. The highest BCUT2D eigenvalue weighted by molar-refractivity contribution is 5.85. The second-order valence-corrected chi connectivity index (χ2v) is 7.65. The number of nitrogens with zero attached hydrogens (tertiary/aromatic N) is 4. The maximum absolute atomic E-state index is 13.3. The summed E-state index contributed by atoms with van der Waals surface area (Å²) in [7, 11) is 0. The Hall–Kier alpha value is -1.85. The number of hydrogen-bond acceptors (Lipinski definition) is 5. The van der Waals surface area contributed by atoms with Gasteiger partial charge in [-0.25, -0.2) is 9.97 Å². The number of amides is 1. The van der Waals surface area contributed by atoms with Crippen LogP contribution in [-0.4, -0.2) is 46.5 Å². The summed E-state index contributed by atoms with van der Waals surface area (Å²) in [5.74, 6) is 1.73. The van der Waals surface area contributed by atoms with E-state index < -0.39 is 0 Å². The molecule has 6 nitrogen and oxygen atoms in total. The fourth-order valence-corrected chi connectivity index (χ4v) is 4.82. The number of carbonyl (C=O) groups excluding carboxylic acids is 1. The van der Waals surface area contributed by atoms with Crippen LogP contribution >= 0.6 is 0 Å². The van der Waals surface area contributed by atoms with E-state index in [1.54, 1.807) is 0 Å². The Morgan fingerprint density at radius 1 is 1.08 bits per heavy atom. The molecule has 2 N–H and O–H groups in total. The van der Waals surface area contributed by atoms with Crippen molar-refractivity contribution in [2.75, 3.05) is 30.3 Å². The Bertz CT molecular complexity index is 615. The molecule has 6 heteroatoms. The second kappa shape index (κ2) is 6.22. The van der Waals surface area contributed by atoms with Crippen molar-refractivity contribution in [3.63, 3.8) is 0 Å². The van der Waals surface area contributed by atoms with Crippen molar-refractivity contribution in [2.45, 2.75) is 57.4 Å². The molecule has 24 heavy (non-hydrogen) atoms. The van der Waals surface area contributed by atoms with Gasteiger partial charge in [0, 0.05) is 31.7 Å². The lowest BCUT2D eigenvalue weighted by atomic mass is 9.77. The van der Waals surface area contributed by atoms with E-state index in [0.717, 1.165) is 44.7 Å². The standard InChI is InChI=1S/C18H27N5O/c19-15-11-16(21-13-20-15)22-10-8-18(12-22)7-4-9-23(17(18)24)14-5-2-1-3-6-14/h11,13-14H,1-10,12H2,(H2,19,20,21).